The number of hydrogen-bond acceptors (Lipinski definition) is 5. The van der Waals surface area contributed by atoms with Crippen LogP contribution in [0.4, 0.5) is 13.2 Å². The standard InChI is InChI=1S/C18H19F3N4O3/c1-22-17(24-8-12-2-3-14-15(6-12)28-11-27-14)25-9-13-4-5-23-16(7-13)26-10-18(19,20)21/h2-7H,8-11H2,1H3,(H2,22,24,25). The van der Waals surface area contributed by atoms with E-state index in [0.717, 1.165) is 5.56 Å². The number of halogens is 3. The predicted molar refractivity (Wildman–Crippen MR) is 95.4 cm³/mol. The second-order valence-electron chi connectivity index (χ2n) is 5.87. The van der Waals surface area contributed by atoms with E-state index in [1.54, 1.807) is 13.1 Å². The zero-order chi connectivity index (χ0) is 20.0. The van der Waals surface area contributed by atoms with Crippen molar-refractivity contribution < 1.29 is 27.4 Å². The molecule has 0 spiro atoms. The van der Waals surface area contributed by atoms with E-state index in [1.807, 2.05) is 18.2 Å². The van der Waals surface area contributed by atoms with Gasteiger partial charge in [-0.15, -0.1) is 0 Å². The molecule has 1 aliphatic heterocycles. The van der Waals surface area contributed by atoms with E-state index >= 15 is 0 Å². The SMILES string of the molecule is CN=C(NCc1ccnc(OCC(F)(F)F)c1)NCc1ccc2c(c1)OCO2. The molecule has 150 valence electrons. The third kappa shape index (κ3) is 5.66. The zero-order valence-corrected chi connectivity index (χ0v) is 15.0. The molecule has 0 unspecified atom stereocenters. The van der Waals surface area contributed by atoms with E-state index in [2.05, 4.69) is 25.3 Å². The van der Waals surface area contributed by atoms with Gasteiger partial charge in [-0.2, -0.15) is 13.2 Å². The minimum absolute atomic E-state index is 0.0834. The smallest absolute Gasteiger partial charge is 0.422 e. The lowest BCUT2D eigenvalue weighted by molar-refractivity contribution is -0.154. The van der Waals surface area contributed by atoms with Crippen LogP contribution in [0.15, 0.2) is 41.5 Å². The van der Waals surface area contributed by atoms with Gasteiger partial charge in [-0.1, -0.05) is 6.07 Å². The first-order valence-electron chi connectivity index (χ1n) is 8.40. The van der Waals surface area contributed by atoms with Crippen LogP contribution >= 0.6 is 0 Å². The van der Waals surface area contributed by atoms with Crippen LogP contribution in [0.1, 0.15) is 11.1 Å². The molecule has 2 aromatic rings. The summed E-state index contributed by atoms with van der Waals surface area (Å²) in [4.78, 5) is 7.90. The Bertz CT molecular complexity index is 843. The quantitative estimate of drug-likeness (QED) is 0.578. The topological polar surface area (TPSA) is 77.0 Å². The molecule has 0 atom stereocenters. The van der Waals surface area contributed by atoms with Gasteiger partial charge in [-0.3, -0.25) is 4.99 Å². The van der Waals surface area contributed by atoms with E-state index in [-0.39, 0.29) is 12.7 Å². The molecule has 7 nitrogen and oxygen atoms in total. The van der Waals surface area contributed by atoms with Crippen molar-refractivity contribution in [3.63, 3.8) is 0 Å². The van der Waals surface area contributed by atoms with Crippen molar-refractivity contribution in [3.8, 4) is 17.4 Å². The predicted octanol–water partition coefficient (Wildman–Crippen LogP) is 2.62. The van der Waals surface area contributed by atoms with Gasteiger partial charge in [0.05, 0.1) is 0 Å². The van der Waals surface area contributed by atoms with Gasteiger partial charge >= 0.3 is 6.18 Å². The molecule has 0 saturated carbocycles. The van der Waals surface area contributed by atoms with Crippen molar-refractivity contribution in [3.05, 3.63) is 47.7 Å². The molecule has 1 aliphatic rings. The number of guanidine groups is 1. The van der Waals surface area contributed by atoms with Crippen LogP contribution in [-0.4, -0.2) is 37.6 Å². The summed E-state index contributed by atoms with van der Waals surface area (Å²) in [5, 5.41) is 6.24. The molecule has 2 N–H and O–H groups in total. The highest BCUT2D eigenvalue weighted by atomic mass is 19.4. The van der Waals surface area contributed by atoms with Gasteiger partial charge in [-0.25, -0.2) is 4.98 Å². The zero-order valence-electron chi connectivity index (χ0n) is 15.0. The molecular formula is C18H19F3N4O3. The van der Waals surface area contributed by atoms with E-state index < -0.39 is 12.8 Å². The number of rotatable bonds is 6. The van der Waals surface area contributed by atoms with Crippen molar-refractivity contribution in [1.29, 1.82) is 0 Å². The molecule has 3 rings (SSSR count). The lowest BCUT2D eigenvalue weighted by Crippen LogP contribution is -2.36. The normalized spacial score (nSPS) is 13.4. The van der Waals surface area contributed by atoms with Crippen LogP contribution < -0.4 is 24.8 Å². The average Bonchev–Trinajstić information content (AvgIpc) is 3.14. The van der Waals surface area contributed by atoms with Crippen LogP contribution in [0.5, 0.6) is 17.4 Å². The number of aromatic nitrogens is 1. The van der Waals surface area contributed by atoms with Crippen LogP contribution in [-0.2, 0) is 13.1 Å². The molecule has 10 heteroatoms. The first kappa shape index (κ1) is 19.6. The van der Waals surface area contributed by atoms with Crippen LogP contribution in [0.3, 0.4) is 0 Å². The van der Waals surface area contributed by atoms with E-state index in [4.69, 9.17) is 9.47 Å². The second kappa shape index (κ2) is 8.68. The second-order valence-corrected chi connectivity index (χ2v) is 5.87. The number of pyridine rings is 1. The monoisotopic (exact) mass is 396 g/mol. The Hall–Kier alpha value is -3.17. The number of ether oxygens (including phenoxy) is 3. The number of hydrogen-bond donors (Lipinski definition) is 2. The third-order valence-electron chi connectivity index (χ3n) is 3.76. The number of aliphatic imine (C=N–C) groups is 1. The highest BCUT2D eigenvalue weighted by Gasteiger charge is 2.28. The van der Waals surface area contributed by atoms with Crippen LogP contribution in [0.25, 0.3) is 0 Å². The van der Waals surface area contributed by atoms with Gasteiger partial charge in [-0.05, 0) is 29.3 Å². The van der Waals surface area contributed by atoms with Crippen molar-refractivity contribution in [1.82, 2.24) is 15.6 Å². The summed E-state index contributed by atoms with van der Waals surface area (Å²) >= 11 is 0. The Labute approximate surface area is 159 Å². The molecular weight excluding hydrogens is 377 g/mol. The molecule has 1 aromatic heterocycles. The number of alkyl halides is 3. The minimum atomic E-state index is -4.41. The number of benzene rings is 1. The molecule has 0 fully saturated rings. The minimum Gasteiger partial charge on any atom is -0.468 e. The fourth-order valence-corrected chi connectivity index (χ4v) is 2.44. The Balaban J connectivity index is 1.50. The van der Waals surface area contributed by atoms with Gasteiger partial charge in [0, 0.05) is 32.4 Å². The van der Waals surface area contributed by atoms with Crippen molar-refractivity contribution >= 4 is 5.96 Å². The van der Waals surface area contributed by atoms with Crippen molar-refractivity contribution in [2.45, 2.75) is 19.3 Å². The molecule has 1 aromatic carbocycles. The van der Waals surface area contributed by atoms with Gasteiger partial charge < -0.3 is 24.8 Å². The van der Waals surface area contributed by atoms with Gasteiger partial charge in [0.2, 0.25) is 12.7 Å². The first-order chi connectivity index (χ1) is 13.4. The highest BCUT2D eigenvalue weighted by Crippen LogP contribution is 2.32. The fourth-order valence-electron chi connectivity index (χ4n) is 2.44. The summed E-state index contributed by atoms with van der Waals surface area (Å²) in [6.45, 7) is -0.315. The van der Waals surface area contributed by atoms with Crippen LogP contribution in [0.2, 0.25) is 0 Å². The van der Waals surface area contributed by atoms with Crippen LogP contribution in [0, 0.1) is 0 Å². The number of nitrogens with zero attached hydrogens (tertiary/aromatic N) is 2. The van der Waals surface area contributed by atoms with Crippen molar-refractivity contribution in [2.75, 3.05) is 20.4 Å². The Morgan fingerprint density at radius 2 is 1.82 bits per heavy atom. The molecule has 0 radical (unpaired) electrons. The fraction of sp³-hybridized carbons (Fsp3) is 0.333. The Morgan fingerprint density at radius 3 is 2.54 bits per heavy atom. The molecule has 2 heterocycles. The van der Waals surface area contributed by atoms with Crippen molar-refractivity contribution in [2.24, 2.45) is 4.99 Å². The van der Waals surface area contributed by atoms with Gasteiger partial charge in [0.1, 0.15) is 0 Å². The Kier molecular flexibility index (Phi) is 6.07. The summed E-state index contributed by atoms with van der Waals surface area (Å²) in [7, 11) is 1.62. The maximum atomic E-state index is 12.2. The lowest BCUT2D eigenvalue weighted by atomic mass is 10.2. The maximum absolute atomic E-state index is 12.2. The summed E-state index contributed by atoms with van der Waals surface area (Å²) in [6, 6.07) is 8.77. The molecule has 0 aliphatic carbocycles. The Morgan fingerprint density at radius 1 is 1.11 bits per heavy atom. The first-order valence-corrected chi connectivity index (χ1v) is 8.40. The van der Waals surface area contributed by atoms with E-state index in [0.29, 0.717) is 36.1 Å². The van der Waals surface area contributed by atoms with E-state index in [1.165, 1.54) is 12.3 Å². The summed E-state index contributed by atoms with van der Waals surface area (Å²) in [5.74, 6) is 1.87. The number of nitrogens with one attached hydrogen (secondary N) is 2. The number of fused-ring (bicyclic) bond motifs is 1. The summed E-state index contributed by atoms with van der Waals surface area (Å²) in [5.41, 5.74) is 1.69. The summed E-state index contributed by atoms with van der Waals surface area (Å²) in [6.07, 6.45) is -3.01. The average molecular weight is 396 g/mol. The highest BCUT2D eigenvalue weighted by molar-refractivity contribution is 5.79. The lowest BCUT2D eigenvalue weighted by Gasteiger charge is -2.13. The molecule has 0 saturated heterocycles. The largest absolute Gasteiger partial charge is 0.468 e. The van der Waals surface area contributed by atoms with Gasteiger partial charge in [0.25, 0.3) is 0 Å². The van der Waals surface area contributed by atoms with Gasteiger partial charge in [0.15, 0.2) is 24.1 Å². The molecule has 0 amide bonds. The van der Waals surface area contributed by atoms with E-state index in [9.17, 15) is 13.2 Å². The summed E-state index contributed by atoms with van der Waals surface area (Å²) < 4.78 is 52.0. The molecule has 0 bridgehead atoms. The molecule has 28 heavy (non-hydrogen) atoms. The maximum Gasteiger partial charge on any atom is 0.422 e. The third-order valence-corrected chi connectivity index (χ3v) is 3.76.